The molecule has 0 aromatic carbocycles. The fraction of sp³-hybridized carbons (Fsp3) is 0.600. The molecule has 0 spiro atoms. The van der Waals surface area contributed by atoms with Gasteiger partial charge >= 0.3 is 0 Å². The zero-order valence-electron chi connectivity index (χ0n) is 9.18. The van der Waals surface area contributed by atoms with Gasteiger partial charge in [-0.25, -0.2) is 9.97 Å². The first kappa shape index (κ1) is 12.4. The van der Waals surface area contributed by atoms with Crippen molar-refractivity contribution in [1.29, 1.82) is 0 Å². The molecule has 0 saturated carbocycles. The van der Waals surface area contributed by atoms with Crippen LogP contribution in [0.2, 0.25) is 0 Å². The predicted octanol–water partition coefficient (Wildman–Crippen LogP) is 1.37. The molecule has 1 aromatic heterocycles. The summed E-state index contributed by atoms with van der Waals surface area (Å²) in [5.74, 6) is 8.30. The van der Waals surface area contributed by atoms with Gasteiger partial charge in [-0.05, 0) is 11.7 Å². The molecule has 0 aliphatic carbocycles. The molecule has 1 aromatic rings. The smallest absolute Gasteiger partial charge is 0.115 e. The first-order chi connectivity index (χ1) is 7.24. The molecule has 3 N–H and O–H groups in total. The summed E-state index contributed by atoms with van der Waals surface area (Å²) in [6.07, 6.45) is 5.12. The minimum atomic E-state index is 0.134. The Morgan fingerprint density at radius 2 is 2.00 bits per heavy atom. The Balaban J connectivity index is 2.43. The Bertz CT molecular complexity index is 265. The number of hydrogen-bond donors (Lipinski definition) is 2. The molecule has 5 heteroatoms. The summed E-state index contributed by atoms with van der Waals surface area (Å²) in [4.78, 5) is 7.96. The van der Waals surface area contributed by atoms with Crippen LogP contribution in [0.25, 0.3) is 0 Å². The Kier molecular flexibility index (Phi) is 5.60. The maximum absolute atomic E-state index is 5.50. The molecule has 1 unspecified atom stereocenters. The second-order valence-corrected chi connectivity index (χ2v) is 4.90. The van der Waals surface area contributed by atoms with E-state index in [2.05, 4.69) is 29.2 Å². The molecular formula is C10H18N4S. The second-order valence-electron chi connectivity index (χ2n) is 3.82. The van der Waals surface area contributed by atoms with Crippen LogP contribution >= 0.6 is 11.8 Å². The van der Waals surface area contributed by atoms with E-state index in [0.29, 0.717) is 5.92 Å². The molecule has 0 radical (unpaired) electrons. The molecule has 1 heterocycles. The normalized spacial score (nSPS) is 13.1. The summed E-state index contributed by atoms with van der Waals surface area (Å²) in [7, 11) is 0. The maximum Gasteiger partial charge on any atom is 0.115 e. The van der Waals surface area contributed by atoms with Gasteiger partial charge in [0.05, 0.1) is 6.04 Å². The van der Waals surface area contributed by atoms with Gasteiger partial charge in [0.2, 0.25) is 0 Å². The lowest BCUT2D eigenvalue weighted by Crippen LogP contribution is -2.30. The van der Waals surface area contributed by atoms with Crippen LogP contribution < -0.4 is 11.3 Å². The number of thioether (sulfide) groups is 1. The van der Waals surface area contributed by atoms with Crippen LogP contribution in [-0.4, -0.2) is 21.5 Å². The van der Waals surface area contributed by atoms with Gasteiger partial charge in [-0.3, -0.25) is 11.3 Å². The van der Waals surface area contributed by atoms with Crippen LogP contribution in [0.3, 0.4) is 0 Å². The number of hydrogen-bond acceptors (Lipinski definition) is 5. The lowest BCUT2D eigenvalue weighted by Gasteiger charge is -2.15. The number of hydrazine groups is 1. The highest BCUT2D eigenvalue weighted by molar-refractivity contribution is 7.99. The van der Waals surface area contributed by atoms with Crippen molar-refractivity contribution >= 4 is 11.8 Å². The first-order valence-corrected chi connectivity index (χ1v) is 6.18. The molecule has 1 atom stereocenters. The summed E-state index contributed by atoms with van der Waals surface area (Å²) >= 11 is 1.89. The van der Waals surface area contributed by atoms with E-state index in [4.69, 9.17) is 5.84 Å². The summed E-state index contributed by atoms with van der Waals surface area (Å²) < 4.78 is 0. The molecule has 84 valence electrons. The molecule has 0 fully saturated rings. The van der Waals surface area contributed by atoms with Gasteiger partial charge in [0.15, 0.2) is 0 Å². The van der Waals surface area contributed by atoms with Crippen molar-refractivity contribution in [3.05, 3.63) is 24.3 Å². The quantitative estimate of drug-likeness (QED) is 0.566. The molecule has 15 heavy (non-hydrogen) atoms. The Labute approximate surface area is 95.0 Å². The largest absolute Gasteiger partial charge is 0.271 e. The number of nitrogens with one attached hydrogen (secondary N) is 1. The van der Waals surface area contributed by atoms with E-state index in [1.54, 1.807) is 12.4 Å². The van der Waals surface area contributed by atoms with Crippen LogP contribution in [0.1, 0.15) is 25.5 Å². The van der Waals surface area contributed by atoms with E-state index in [-0.39, 0.29) is 6.04 Å². The van der Waals surface area contributed by atoms with E-state index in [0.717, 1.165) is 17.1 Å². The average molecular weight is 226 g/mol. The SMILES string of the molecule is CC(C)CSCC(NN)c1cncnc1. The zero-order chi connectivity index (χ0) is 11.1. The van der Waals surface area contributed by atoms with Crippen molar-refractivity contribution < 1.29 is 0 Å². The van der Waals surface area contributed by atoms with Gasteiger partial charge in [0.1, 0.15) is 6.33 Å². The molecular weight excluding hydrogens is 208 g/mol. The molecule has 0 amide bonds. The van der Waals surface area contributed by atoms with E-state index in [9.17, 15) is 0 Å². The second kappa shape index (κ2) is 6.76. The standard InChI is InChI=1S/C10H18N4S/c1-8(2)5-15-6-10(14-11)9-3-12-7-13-4-9/h3-4,7-8,10,14H,5-6,11H2,1-2H3. The maximum atomic E-state index is 5.50. The summed E-state index contributed by atoms with van der Waals surface area (Å²) in [6.45, 7) is 4.42. The Morgan fingerprint density at radius 3 is 2.53 bits per heavy atom. The monoisotopic (exact) mass is 226 g/mol. The molecule has 0 bridgehead atoms. The third-order valence-corrected chi connectivity index (χ3v) is 3.39. The van der Waals surface area contributed by atoms with Gasteiger partial charge in [0, 0.05) is 23.7 Å². The third kappa shape index (κ3) is 4.59. The van der Waals surface area contributed by atoms with Gasteiger partial charge in [0.25, 0.3) is 0 Å². The highest BCUT2D eigenvalue weighted by atomic mass is 32.2. The number of nitrogens with two attached hydrogens (primary N) is 1. The third-order valence-electron chi connectivity index (χ3n) is 1.92. The van der Waals surface area contributed by atoms with E-state index < -0.39 is 0 Å². The predicted molar refractivity (Wildman–Crippen MR) is 64.3 cm³/mol. The highest BCUT2D eigenvalue weighted by Crippen LogP contribution is 2.17. The highest BCUT2D eigenvalue weighted by Gasteiger charge is 2.10. The minimum absolute atomic E-state index is 0.134. The van der Waals surface area contributed by atoms with Gasteiger partial charge < -0.3 is 0 Å². The van der Waals surface area contributed by atoms with Gasteiger partial charge in [-0.15, -0.1) is 0 Å². The summed E-state index contributed by atoms with van der Waals surface area (Å²) in [6, 6.07) is 0.134. The van der Waals surface area contributed by atoms with Crippen LogP contribution in [0.15, 0.2) is 18.7 Å². The number of rotatable bonds is 6. The van der Waals surface area contributed by atoms with E-state index in [1.165, 1.54) is 6.33 Å². The average Bonchev–Trinajstić information content (AvgIpc) is 2.25. The van der Waals surface area contributed by atoms with Crippen molar-refractivity contribution in [1.82, 2.24) is 15.4 Å². The van der Waals surface area contributed by atoms with Crippen LogP contribution in [-0.2, 0) is 0 Å². The van der Waals surface area contributed by atoms with Crippen molar-refractivity contribution in [3.63, 3.8) is 0 Å². The summed E-state index contributed by atoms with van der Waals surface area (Å²) in [5.41, 5.74) is 3.83. The van der Waals surface area contributed by atoms with Gasteiger partial charge in [-0.1, -0.05) is 13.8 Å². The lowest BCUT2D eigenvalue weighted by atomic mass is 10.2. The fourth-order valence-electron chi connectivity index (χ4n) is 1.15. The lowest BCUT2D eigenvalue weighted by molar-refractivity contribution is 0.605. The summed E-state index contributed by atoms with van der Waals surface area (Å²) in [5, 5.41) is 0. The van der Waals surface area contributed by atoms with Crippen LogP contribution in [0.4, 0.5) is 0 Å². The molecule has 1 rings (SSSR count). The topological polar surface area (TPSA) is 63.8 Å². The van der Waals surface area contributed by atoms with Crippen LogP contribution in [0.5, 0.6) is 0 Å². The Hall–Kier alpha value is -0.650. The molecule has 0 aliphatic rings. The molecule has 4 nitrogen and oxygen atoms in total. The van der Waals surface area contributed by atoms with Crippen molar-refractivity contribution in [2.24, 2.45) is 11.8 Å². The van der Waals surface area contributed by atoms with E-state index in [1.807, 2.05) is 11.8 Å². The number of aromatic nitrogens is 2. The van der Waals surface area contributed by atoms with Crippen molar-refractivity contribution in [2.45, 2.75) is 19.9 Å². The first-order valence-electron chi connectivity index (χ1n) is 5.02. The molecule has 0 saturated heterocycles. The minimum Gasteiger partial charge on any atom is -0.271 e. The van der Waals surface area contributed by atoms with Crippen molar-refractivity contribution in [2.75, 3.05) is 11.5 Å². The van der Waals surface area contributed by atoms with E-state index >= 15 is 0 Å². The molecule has 0 aliphatic heterocycles. The van der Waals surface area contributed by atoms with Gasteiger partial charge in [-0.2, -0.15) is 11.8 Å². The zero-order valence-corrected chi connectivity index (χ0v) is 10.00. The fourth-order valence-corrected chi connectivity index (χ4v) is 2.28. The Morgan fingerprint density at radius 1 is 1.33 bits per heavy atom. The number of nitrogens with zero attached hydrogens (tertiary/aromatic N) is 2. The van der Waals surface area contributed by atoms with Crippen LogP contribution in [0, 0.1) is 5.92 Å². The van der Waals surface area contributed by atoms with Crippen molar-refractivity contribution in [3.8, 4) is 0 Å².